The van der Waals surface area contributed by atoms with E-state index in [9.17, 15) is 4.79 Å². The molecular weight excluding hydrogens is 342 g/mol. The first-order valence-corrected chi connectivity index (χ1v) is 9.77. The van der Waals surface area contributed by atoms with E-state index in [-0.39, 0.29) is 12.5 Å². The zero-order valence-corrected chi connectivity index (χ0v) is 15.5. The fourth-order valence-electron chi connectivity index (χ4n) is 3.28. The van der Waals surface area contributed by atoms with Crippen LogP contribution in [-0.2, 0) is 4.79 Å². The Morgan fingerprint density at radius 3 is 2.77 bits per heavy atom. The van der Waals surface area contributed by atoms with Crippen LogP contribution in [0.3, 0.4) is 0 Å². The molecule has 0 aromatic heterocycles. The molecule has 0 fully saturated rings. The van der Waals surface area contributed by atoms with Gasteiger partial charge in [0, 0.05) is 22.1 Å². The van der Waals surface area contributed by atoms with Gasteiger partial charge in [-0.1, -0.05) is 55.5 Å². The van der Waals surface area contributed by atoms with Gasteiger partial charge in [-0.2, -0.15) is 0 Å². The second kappa shape index (κ2) is 7.42. The van der Waals surface area contributed by atoms with Crippen molar-refractivity contribution in [3.8, 4) is 5.75 Å². The van der Waals surface area contributed by atoms with Crippen LogP contribution in [0.1, 0.15) is 13.3 Å². The Morgan fingerprint density at radius 2 is 1.85 bits per heavy atom. The third kappa shape index (κ3) is 3.42. The van der Waals surface area contributed by atoms with Crippen molar-refractivity contribution in [1.82, 2.24) is 0 Å². The van der Waals surface area contributed by atoms with Crippen LogP contribution in [0, 0.1) is 0 Å². The Balaban J connectivity index is 1.55. The number of fused-ring (bicyclic) bond motifs is 2. The largest absolute Gasteiger partial charge is 0.483 e. The smallest absolute Gasteiger partial charge is 0.264 e. The van der Waals surface area contributed by atoms with Crippen molar-refractivity contribution in [2.45, 2.75) is 23.5 Å². The van der Waals surface area contributed by atoms with Crippen LogP contribution < -0.4 is 9.64 Å². The molecule has 1 amide bonds. The van der Waals surface area contributed by atoms with Gasteiger partial charge >= 0.3 is 0 Å². The van der Waals surface area contributed by atoms with Gasteiger partial charge in [-0.15, -0.1) is 11.8 Å². The first-order valence-electron chi connectivity index (χ1n) is 8.89. The molecule has 0 saturated carbocycles. The van der Waals surface area contributed by atoms with Crippen LogP contribution in [0.5, 0.6) is 5.75 Å². The molecule has 0 N–H and O–H groups in total. The molecule has 1 aliphatic heterocycles. The Morgan fingerprint density at radius 1 is 1.08 bits per heavy atom. The highest BCUT2D eigenvalue weighted by Gasteiger charge is 2.24. The third-order valence-corrected chi connectivity index (χ3v) is 5.88. The van der Waals surface area contributed by atoms with Gasteiger partial charge in [0.2, 0.25) is 0 Å². The number of carbonyl (C=O) groups is 1. The second-order valence-electron chi connectivity index (χ2n) is 6.50. The van der Waals surface area contributed by atoms with E-state index < -0.39 is 0 Å². The summed E-state index contributed by atoms with van der Waals surface area (Å²) in [5.41, 5.74) is 0.994. The quantitative estimate of drug-likeness (QED) is 0.645. The van der Waals surface area contributed by atoms with Crippen LogP contribution in [-0.4, -0.2) is 24.3 Å². The molecule has 0 unspecified atom stereocenters. The summed E-state index contributed by atoms with van der Waals surface area (Å²) >= 11 is 1.84. The van der Waals surface area contributed by atoms with Gasteiger partial charge in [-0.25, -0.2) is 0 Å². The Bertz CT molecular complexity index is 935. The number of benzene rings is 3. The Hall–Kier alpha value is -2.46. The SMILES string of the molecule is C[C@@H]1CCN(C(=O)COc2cccc3ccccc23)c2ccccc2S1. The van der Waals surface area contributed by atoms with Crippen LogP contribution >= 0.6 is 11.8 Å². The van der Waals surface area contributed by atoms with Crippen LogP contribution in [0.15, 0.2) is 71.6 Å². The summed E-state index contributed by atoms with van der Waals surface area (Å²) in [6.45, 7) is 2.98. The number of thioether (sulfide) groups is 1. The average molecular weight is 363 g/mol. The van der Waals surface area contributed by atoms with Crippen molar-refractivity contribution >= 4 is 34.1 Å². The summed E-state index contributed by atoms with van der Waals surface area (Å²) in [4.78, 5) is 16.0. The van der Waals surface area contributed by atoms with Crippen molar-refractivity contribution in [3.63, 3.8) is 0 Å². The van der Waals surface area contributed by atoms with Gasteiger partial charge in [-0.3, -0.25) is 4.79 Å². The molecule has 0 radical (unpaired) electrons. The molecule has 3 aromatic carbocycles. The molecule has 4 heteroatoms. The summed E-state index contributed by atoms with van der Waals surface area (Å²) in [5.74, 6) is 0.752. The lowest BCUT2D eigenvalue weighted by Crippen LogP contribution is -2.36. The van der Waals surface area contributed by atoms with E-state index in [1.807, 2.05) is 77.3 Å². The van der Waals surface area contributed by atoms with Crippen LogP contribution in [0.4, 0.5) is 5.69 Å². The van der Waals surface area contributed by atoms with Gasteiger partial charge in [0.05, 0.1) is 5.69 Å². The van der Waals surface area contributed by atoms with Crippen molar-refractivity contribution in [1.29, 1.82) is 0 Å². The molecule has 1 atom stereocenters. The van der Waals surface area contributed by atoms with Gasteiger partial charge in [0.25, 0.3) is 5.91 Å². The van der Waals surface area contributed by atoms with Crippen molar-refractivity contribution in [2.24, 2.45) is 0 Å². The van der Waals surface area contributed by atoms with Gasteiger partial charge in [-0.05, 0) is 30.0 Å². The normalized spacial score (nSPS) is 16.8. The van der Waals surface area contributed by atoms with Gasteiger partial charge < -0.3 is 9.64 Å². The minimum absolute atomic E-state index is 0.0000779. The highest BCUT2D eigenvalue weighted by molar-refractivity contribution is 8.00. The number of rotatable bonds is 3. The lowest BCUT2D eigenvalue weighted by atomic mass is 10.1. The lowest BCUT2D eigenvalue weighted by Gasteiger charge is -2.22. The molecule has 0 bridgehead atoms. The minimum atomic E-state index is 0.0000779. The monoisotopic (exact) mass is 363 g/mol. The molecule has 4 rings (SSSR count). The molecular formula is C22H21NO2S. The molecule has 26 heavy (non-hydrogen) atoms. The number of nitrogens with zero attached hydrogens (tertiary/aromatic N) is 1. The number of carbonyl (C=O) groups excluding carboxylic acids is 1. The Labute approximate surface area is 158 Å². The molecule has 1 aliphatic rings. The molecule has 0 saturated heterocycles. The maximum atomic E-state index is 12.9. The summed E-state index contributed by atoms with van der Waals surface area (Å²) in [5, 5.41) is 2.64. The maximum Gasteiger partial charge on any atom is 0.264 e. The molecule has 0 spiro atoms. The number of para-hydroxylation sites is 1. The van der Waals surface area contributed by atoms with E-state index in [0.717, 1.165) is 40.1 Å². The minimum Gasteiger partial charge on any atom is -0.483 e. The topological polar surface area (TPSA) is 29.5 Å². The number of hydrogen-bond donors (Lipinski definition) is 0. The molecule has 3 aromatic rings. The zero-order valence-electron chi connectivity index (χ0n) is 14.7. The number of hydrogen-bond acceptors (Lipinski definition) is 3. The standard InChI is InChI=1S/C22H21NO2S/c1-16-13-14-23(19-10-4-5-12-21(19)26-16)22(24)15-25-20-11-6-8-17-7-2-3-9-18(17)20/h2-12,16H,13-15H2,1H3/t16-/m1/s1. The lowest BCUT2D eigenvalue weighted by molar-refractivity contribution is -0.120. The maximum absolute atomic E-state index is 12.9. The predicted octanol–water partition coefficient (Wildman–Crippen LogP) is 5.14. The third-order valence-electron chi connectivity index (χ3n) is 4.65. The Kier molecular flexibility index (Phi) is 4.85. The molecule has 132 valence electrons. The number of amides is 1. The summed E-state index contributed by atoms with van der Waals surface area (Å²) in [6.07, 6.45) is 0.972. The van der Waals surface area contributed by atoms with Gasteiger partial charge in [0.15, 0.2) is 6.61 Å². The predicted molar refractivity (Wildman–Crippen MR) is 108 cm³/mol. The number of ether oxygens (including phenoxy) is 1. The van der Waals surface area contributed by atoms with E-state index in [1.165, 1.54) is 0 Å². The summed E-state index contributed by atoms with van der Waals surface area (Å²) in [7, 11) is 0. The highest BCUT2D eigenvalue weighted by Crippen LogP contribution is 2.37. The highest BCUT2D eigenvalue weighted by atomic mass is 32.2. The fraction of sp³-hybridized carbons (Fsp3) is 0.227. The van der Waals surface area contributed by atoms with Crippen LogP contribution in [0.25, 0.3) is 10.8 Å². The van der Waals surface area contributed by atoms with E-state index in [0.29, 0.717) is 5.25 Å². The van der Waals surface area contributed by atoms with Crippen molar-refractivity contribution in [2.75, 3.05) is 18.1 Å². The summed E-state index contributed by atoms with van der Waals surface area (Å²) in [6, 6.07) is 22.1. The molecule has 3 nitrogen and oxygen atoms in total. The number of anilines is 1. The first kappa shape index (κ1) is 17.0. The van der Waals surface area contributed by atoms with E-state index in [4.69, 9.17) is 4.74 Å². The first-order chi connectivity index (χ1) is 12.7. The van der Waals surface area contributed by atoms with E-state index in [2.05, 4.69) is 13.0 Å². The zero-order chi connectivity index (χ0) is 17.9. The molecule has 1 heterocycles. The average Bonchev–Trinajstić information content (AvgIpc) is 2.84. The van der Waals surface area contributed by atoms with Gasteiger partial charge in [0.1, 0.15) is 5.75 Å². The summed E-state index contributed by atoms with van der Waals surface area (Å²) < 4.78 is 5.92. The van der Waals surface area contributed by atoms with E-state index >= 15 is 0 Å². The van der Waals surface area contributed by atoms with E-state index in [1.54, 1.807) is 0 Å². The van der Waals surface area contributed by atoms with Crippen molar-refractivity contribution in [3.05, 3.63) is 66.7 Å². The van der Waals surface area contributed by atoms with Crippen LogP contribution in [0.2, 0.25) is 0 Å². The fourth-order valence-corrected chi connectivity index (χ4v) is 4.40. The molecule has 0 aliphatic carbocycles. The van der Waals surface area contributed by atoms with Crippen molar-refractivity contribution < 1.29 is 9.53 Å². The second-order valence-corrected chi connectivity index (χ2v) is 7.98.